The Hall–Kier alpha value is -1.85. The fraction of sp³-hybridized carbons (Fsp3) is 0.500. The Labute approximate surface area is 92.8 Å². The van der Waals surface area contributed by atoms with Crippen molar-refractivity contribution in [1.82, 2.24) is 10.1 Å². The number of aromatic nitrogens is 1. The molecule has 0 aliphatic carbocycles. The van der Waals surface area contributed by atoms with Crippen molar-refractivity contribution in [1.29, 1.82) is 0 Å². The number of hydrogen-bond donors (Lipinski definition) is 1. The quantitative estimate of drug-likeness (QED) is 0.807. The Morgan fingerprint density at radius 3 is 2.69 bits per heavy atom. The molecule has 1 aromatic heterocycles. The Bertz CT molecular complexity index is 386. The molecule has 0 bridgehead atoms. The first-order chi connectivity index (χ1) is 7.56. The highest BCUT2D eigenvalue weighted by molar-refractivity contribution is 5.94. The number of aliphatic carboxylic acids is 1. The Balaban J connectivity index is 2.82. The van der Waals surface area contributed by atoms with Gasteiger partial charge in [0.25, 0.3) is 5.91 Å². The van der Waals surface area contributed by atoms with Gasteiger partial charge in [0.15, 0.2) is 0 Å². The maximum Gasteiger partial charge on any atom is 0.323 e. The van der Waals surface area contributed by atoms with Crippen molar-refractivity contribution in [2.75, 3.05) is 13.1 Å². The Morgan fingerprint density at radius 1 is 1.56 bits per heavy atom. The van der Waals surface area contributed by atoms with Crippen LogP contribution in [0.1, 0.15) is 29.5 Å². The number of carboxylic acid groups (broad SMARTS) is 1. The maximum absolute atomic E-state index is 11.9. The normalized spacial score (nSPS) is 10.1. The summed E-state index contributed by atoms with van der Waals surface area (Å²) >= 11 is 0. The second-order valence-corrected chi connectivity index (χ2v) is 3.46. The molecule has 0 aliphatic rings. The minimum atomic E-state index is -1.04. The molecular weight excluding hydrogens is 212 g/mol. The van der Waals surface area contributed by atoms with Gasteiger partial charge < -0.3 is 14.5 Å². The first-order valence-corrected chi connectivity index (χ1v) is 4.98. The molecule has 0 atom stereocenters. The lowest BCUT2D eigenvalue weighted by Crippen LogP contribution is -2.36. The molecule has 0 aromatic carbocycles. The second-order valence-electron chi connectivity index (χ2n) is 3.46. The average Bonchev–Trinajstić information content (AvgIpc) is 2.62. The van der Waals surface area contributed by atoms with Gasteiger partial charge in [0, 0.05) is 12.1 Å². The number of carboxylic acids is 1. The fourth-order valence-electron chi connectivity index (χ4n) is 1.33. The number of aryl methyl sites for hydroxylation is 1. The molecule has 0 fully saturated rings. The summed E-state index contributed by atoms with van der Waals surface area (Å²) in [6, 6.07) is 0. The second kappa shape index (κ2) is 5.29. The van der Waals surface area contributed by atoms with E-state index in [0.29, 0.717) is 18.5 Å². The first-order valence-electron chi connectivity index (χ1n) is 4.98. The van der Waals surface area contributed by atoms with Crippen LogP contribution in [0.4, 0.5) is 0 Å². The van der Waals surface area contributed by atoms with Crippen molar-refractivity contribution < 1.29 is 19.2 Å². The highest BCUT2D eigenvalue weighted by Gasteiger charge is 2.22. The zero-order valence-corrected chi connectivity index (χ0v) is 9.27. The average molecular weight is 226 g/mol. The van der Waals surface area contributed by atoms with Crippen LogP contribution in [0.25, 0.3) is 0 Å². The molecule has 1 aromatic rings. The van der Waals surface area contributed by atoms with E-state index in [9.17, 15) is 9.59 Å². The van der Waals surface area contributed by atoms with Gasteiger partial charge in [-0.2, -0.15) is 0 Å². The summed E-state index contributed by atoms with van der Waals surface area (Å²) < 4.78 is 4.80. The summed E-state index contributed by atoms with van der Waals surface area (Å²) in [6.07, 6.45) is 2.12. The summed E-state index contributed by atoms with van der Waals surface area (Å²) in [5, 5.41) is 12.2. The highest BCUT2D eigenvalue weighted by Crippen LogP contribution is 2.10. The van der Waals surface area contributed by atoms with Crippen LogP contribution in [0, 0.1) is 6.92 Å². The molecule has 0 unspecified atom stereocenters. The van der Waals surface area contributed by atoms with Crippen LogP contribution >= 0.6 is 0 Å². The van der Waals surface area contributed by atoms with Gasteiger partial charge >= 0.3 is 5.97 Å². The molecule has 16 heavy (non-hydrogen) atoms. The molecule has 88 valence electrons. The third-order valence-electron chi connectivity index (χ3n) is 2.05. The molecular formula is C10H14N2O4. The Kier molecular flexibility index (Phi) is 4.04. The number of amides is 1. The van der Waals surface area contributed by atoms with Crippen LogP contribution < -0.4 is 0 Å². The van der Waals surface area contributed by atoms with Gasteiger partial charge in [-0.15, -0.1) is 0 Å². The lowest BCUT2D eigenvalue weighted by Gasteiger charge is -2.18. The van der Waals surface area contributed by atoms with Gasteiger partial charge in [0.1, 0.15) is 6.54 Å². The molecule has 1 rings (SSSR count). The maximum atomic E-state index is 11.9. The van der Waals surface area contributed by atoms with Crippen molar-refractivity contribution in [3.8, 4) is 0 Å². The third-order valence-corrected chi connectivity index (χ3v) is 2.05. The summed E-state index contributed by atoms with van der Waals surface area (Å²) in [4.78, 5) is 23.7. The number of rotatable bonds is 5. The van der Waals surface area contributed by atoms with Crippen molar-refractivity contribution in [3.63, 3.8) is 0 Å². The van der Waals surface area contributed by atoms with E-state index in [0.717, 1.165) is 0 Å². The molecule has 0 aliphatic heterocycles. The van der Waals surface area contributed by atoms with Crippen molar-refractivity contribution in [2.45, 2.75) is 20.3 Å². The van der Waals surface area contributed by atoms with Crippen LogP contribution in [0.2, 0.25) is 0 Å². The SMILES string of the molecule is CCCN(CC(=O)O)C(=O)c1oncc1C. The lowest BCUT2D eigenvalue weighted by molar-refractivity contribution is -0.137. The largest absolute Gasteiger partial charge is 0.480 e. The molecule has 0 spiro atoms. The standard InChI is InChI=1S/C10H14N2O4/c1-3-4-12(6-8(13)14)10(15)9-7(2)5-11-16-9/h5H,3-4,6H2,1-2H3,(H,13,14). The fourth-order valence-corrected chi connectivity index (χ4v) is 1.33. The van der Waals surface area contributed by atoms with E-state index < -0.39 is 11.9 Å². The van der Waals surface area contributed by atoms with E-state index in [-0.39, 0.29) is 12.3 Å². The van der Waals surface area contributed by atoms with Gasteiger partial charge in [-0.1, -0.05) is 12.1 Å². The smallest absolute Gasteiger partial charge is 0.323 e. The van der Waals surface area contributed by atoms with E-state index in [1.54, 1.807) is 6.92 Å². The Morgan fingerprint density at radius 2 is 2.25 bits per heavy atom. The van der Waals surface area contributed by atoms with E-state index in [1.165, 1.54) is 11.1 Å². The van der Waals surface area contributed by atoms with Gasteiger partial charge in [-0.25, -0.2) is 0 Å². The minimum absolute atomic E-state index is 0.106. The summed E-state index contributed by atoms with van der Waals surface area (Å²) in [7, 11) is 0. The van der Waals surface area contributed by atoms with Gasteiger partial charge in [0.2, 0.25) is 5.76 Å². The van der Waals surface area contributed by atoms with E-state index in [2.05, 4.69) is 5.16 Å². The van der Waals surface area contributed by atoms with Crippen LogP contribution in [0.3, 0.4) is 0 Å². The van der Waals surface area contributed by atoms with Crippen molar-refractivity contribution in [2.24, 2.45) is 0 Å². The zero-order chi connectivity index (χ0) is 12.1. The number of nitrogens with zero attached hydrogens (tertiary/aromatic N) is 2. The topological polar surface area (TPSA) is 83.6 Å². The summed E-state index contributed by atoms with van der Waals surface area (Å²) in [5.41, 5.74) is 0.608. The monoisotopic (exact) mass is 226 g/mol. The van der Waals surface area contributed by atoms with Crippen LogP contribution in [0.5, 0.6) is 0 Å². The predicted octanol–water partition coefficient (Wildman–Crippen LogP) is 0.920. The van der Waals surface area contributed by atoms with E-state index in [1.807, 2.05) is 6.92 Å². The molecule has 1 heterocycles. The molecule has 6 nitrogen and oxygen atoms in total. The first kappa shape index (κ1) is 12.2. The van der Waals surface area contributed by atoms with Crippen LogP contribution in [-0.2, 0) is 4.79 Å². The number of hydrogen-bond acceptors (Lipinski definition) is 4. The molecule has 1 N–H and O–H groups in total. The molecule has 6 heteroatoms. The molecule has 0 radical (unpaired) electrons. The van der Waals surface area contributed by atoms with Crippen LogP contribution in [0.15, 0.2) is 10.7 Å². The molecule has 1 amide bonds. The van der Waals surface area contributed by atoms with Gasteiger partial charge in [-0.3, -0.25) is 9.59 Å². The number of carbonyl (C=O) groups excluding carboxylic acids is 1. The van der Waals surface area contributed by atoms with Crippen molar-refractivity contribution >= 4 is 11.9 Å². The van der Waals surface area contributed by atoms with E-state index in [4.69, 9.17) is 9.63 Å². The zero-order valence-electron chi connectivity index (χ0n) is 9.27. The molecule has 0 saturated carbocycles. The van der Waals surface area contributed by atoms with E-state index >= 15 is 0 Å². The number of carbonyl (C=O) groups is 2. The minimum Gasteiger partial charge on any atom is -0.480 e. The molecule has 0 saturated heterocycles. The summed E-state index contributed by atoms with van der Waals surface area (Å²) in [6.45, 7) is 3.61. The third kappa shape index (κ3) is 2.82. The van der Waals surface area contributed by atoms with Gasteiger partial charge in [0.05, 0.1) is 6.20 Å². The predicted molar refractivity (Wildman–Crippen MR) is 55.1 cm³/mol. The summed E-state index contributed by atoms with van der Waals surface area (Å²) in [5.74, 6) is -1.37. The lowest BCUT2D eigenvalue weighted by atomic mass is 10.2. The van der Waals surface area contributed by atoms with Crippen molar-refractivity contribution in [3.05, 3.63) is 17.5 Å². The van der Waals surface area contributed by atoms with Crippen LogP contribution in [-0.4, -0.2) is 40.1 Å². The highest BCUT2D eigenvalue weighted by atomic mass is 16.5. The van der Waals surface area contributed by atoms with Gasteiger partial charge in [-0.05, 0) is 13.3 Å².